The fourth-order valence-electron chi connectivity index (χ4n) is 2.52. The first-order valence-corrected chi connectivity index (χ1v) is 10.2. The Bertz CT molecular complexity index is 206. The summed E-state index contributed by atoms with van der Waals surface area (Å²) in [5, 5.41) is 0. The van der Waals surface area contributed by atoms with E-state index in [0.717, 1.165) is 24.4 Å². The molecule has 2 atom stereocenters. The van der Waals surface area contributed by atoms with Gasteiger partial charge in [-0.05, 0) is 30.5 Å². The second kappa shape index (κ2) is 9.73. The highest BCUT2D eigenvalue weighted by molar-refractivity contribution is 6.73. The van der Waals surface area contributed by atoms with E-state index in [4.69, 9.17) is 4.43 Å². The van der Waals surface area contributed by atoms with Crippen molar-refractivity contribution in [3.05, 3.63) is 0 Å². The molecule has 0 bridgehead atoms. The molecule has 0 radical (unpaired) electrons. The van der Waals surface area contributed by atoms with Crippen molar-refractivity contribution in [2.75, 3.05) is 0 Å². The van der Waals surface area contributed by atoms with Crippen molar-refractivity contribution in [1.29, 1.82) is 0 Å². The van der Waals surface area contributed by atoms with Crippen molar-refractivity contribution < 1.29 is 9.22 Å². The Morgan fingerprint density at radius 1 is 1.11 bits per heavy atom. The molecule has 18 heavy (non-hydrogen) atoms. The van der Waals surface area contributed by atoms with Gasteiger partial charge in [0, 0.05) is 6.42 Å². The van der Waals surface area contributed by atoms with Gasteiger partial charge in [0.25, 0.3) is 0 Å². The molecule has 0 aromatic carbocycles. The minimum atomic E-state index is -1.58. The number of rotatable bonds is 11. The minimum absolute atomic E-state index is 0.153. The van der Waals surface area contributed by atoms with E-state index in [9.17, 15) is 4.79 Å². The Hall–Kier alpha value is -0.153. The van der Waals surface area contributed by atoms with Crippen LogP contribution in [-0.4, -0.2) is 20.7 Å². The van der Waals surface area contributed by atoms with Crippen LogP contribution < -0.4 is 0 Å². The molecule has 0 saturated heterocycles. The van der Waals surface area contributed by atoms with Crippen molar-refractivity contribution in [2.24, 2.45) is 5.92 Å². The summed E-state index contributed by atoms with van der Waals surface area (Å²) in [6.45, 7) is 11.2. The van der Waals surface area contributed by atoms with Crippen LogP contribution in [0.2, 0.25) is 18.1 Å². The maximum absolute atomic E-state index is 10.9. The predicted octanol–water partition coefficient (Wildman–Crippen LogP) is 4.79. The molecule has 2 nitrogen and oxygen atoms in total. The van der Waals surface area contributed by atoms with Crippen LogP contribution in [0.5, 0.6) is 0 Å². The smallest absolute Gasteiger partial charge is 0.192 e. The summed E-state index contributed by atoms with van der Waals surface area (Å²) in [5.74, 6) is 0.506. The lowest BCUT2D eigenvalue weighted by Crippen LogP contribution is -2.42. The fraction of sp³-hybridized carbons (Fsp3) is 0.933. The van der Waals surface area contributed by atoms with Crippen LogP contribution in [0.15, 0.2) is 0 Å². The molecule has 0 heterocycles. The quantitative estimate of drug-likeness (QED) is 0.399. The highest BCUT2D eigenvalue weighted by atomic mass is 28.4. The Morgan fingerprint density at radius 3 is 2.06 bits per heavy atom. The van der Waals surface area contributed by atoms with Gasteiger partial charge in [-0.1, -0.05) is 47.5 Å². The van der Waals surface area contributed by atoms with Gasteiger partial charge in [0.1, 0.15) is 6.29 Å². The van der Waals surface area contributed by atoms with Gasteiger partial charge in [0.05, 0.1) is 6.10 Å². The summed E-state index contributed by atoms with van der Waals surface area (Å²) in [7, 11) is -1.58. The first kappa shape index (κ1) is 17.8. The van der Waals surface area contributed by atoms with Crippen molar-refractivity contribution in [3.8, 4) is 0 Å². The Morgan fingerprint density at radius 2 is 1.67 bits per heavy atom. The molecule has 0 spiro atoms. The number of carbonyl (C=O) groups excluding carboxylic acids is 1. The highest BCUT2D eigenvalue weighted by Crippen LogP contribution is 2.28. The van der Waals surface area contributed by atoms with Crippen LogP contribution in [0.1, 0.15) is 60.3 Å². The van der Waals surface area contributed by atoms with E-state index in [-0.39, 0.29) is 6.10 Å². The molecular weight excluding hydrogens is 240 g/mol. The SMILES string of the molecule is CCCC[C@H](C)[C@H](CC=O)O[Si](CC)(CC)CC. The van der Waals surface area contributed by atoms with Crippen LogP contribution in [0.4, 0.5) is 0 Å². The lowest BCUT2D eigenvalue weighted by molar-refractivity contribution is -0.109. The molecule has 0 unspecified atom stereocenters. The summed E-state index contributed by atoms with van der Waals surface area (Å²) >= 11 is 0. The molecule has 0 fully saturated rings. The molecule has 0 aromatic rings. The summed E-state index contributed by atoms with van der Waals surface area (Å²) in [4.78, 5) is 10.9. The minimum Gasteiger partial charge on any atom is -0.413 e. The molecule has 0 aliphatic carbocycles. The Labute approximate surface area is 115 Å². The summed E-state index contributed by atoms with van der Waals surface area (Å²) in [6, 6.07) is 3.49. The van der Waals surface area contributed by atoms with Gasteiger partial charge < -0.3 is 9.22 Å². The molecule has 0 aliphatic heterocycles. The zero-order valence-corrected chi connectivity index (χ0v) is 14.0. The van der Waals surface area contributed by atoms with Gasteiger partial charge >= 0.3 is 0 Å². The molecular formula is C15H32O2Si. The zero-order valence-electron chi connectivity index (χ0n) is 13.0. The number of unbranched alkanes of at least 4 members (excludes halogenated alkanes) is 1. The van der Waals surface area contributed by atoms with Gasteiger partial charge in [0.2, 0.25) is 0 Å². The number of carbonyl (C=O) groups is 1. The lowest BCUT2D eigenvalue weighted by atomic mass is 9.96. The third kappa shape index (κ3) is 5.66. The third-order valence-corrected chi connectivity index (χ3v) is 8.98. The first-order valence-electron chi connectivity index (χ1n) is 7.70. The average molecular weight is 273 g/mol. The van der Waals surface area contributed by atoms with E-state index in [0.29, 0.717) is 12.3 Å². The molecule has 0 aliphatic rings. The topological polar surface area (TPSA) is 26.3 Å². The maximum atomic E-state index is 10.9. The van der Waals surface area contributed by atoms with Gasteiger partial charge in [-0.2, -0.15) is 0 Å². The van der Waals surface area contributed by atoms with Crippen LogP contribution in [0.3, 0.4) is 0 Å². The van der Waals surface area contributed by atoms with Crippen LogP contribution in [0, 0.1) is 5.92 Å². The van der Waals surface area contributed by atoms with Gasteiger partial charge in [-0.3, -0.25) is 0 Å². The average Bonchev–Trinajstić information content (AvgIpc) is 2.41. The highest BCUT2D eigenvalue weighted by Gasteiger charge is 2.33. The van der Waals surface area contributed by atoms with Crippen molar-refractivity contribution in [3.63, 3.8) is 0 Å². The molecule has 0 amide bonds. The standard InChI is InChI=1S/C15H32O2Si/c1-6-10-11-14(5)15(12-13-16)17-18(7-2,8-3)9-4/h13-15H,6-12H2,1-5H3/t14-,15-/m0/s1. The Kier molecular flexibility index (Phi) is 9.65. The second-order valence-electron chi connectivity index (χ2n) is 5.42. The van der Waals surface area contributed by atoms with Crippen LogP contribution >= 0.6 is 0 Å². The van der Waals surface area contributed by atoms with Gasteiger partial charge in [-0.15, -0.1) is 0 Å². The summed E-state index contributed by atoms with van der Waals surface area (Å²) in [5.41, 5.74) is 0. The fourth-order valence-corrected chi connectivity index (χ4v) is 5.50. The molecule has 3 heteroatoms. The van der Waals surface area contributed by atoms with E-state index in [1.807, 2.05) is 0 Å². The summed E-state index contributed by atoms with van der Waals surface area (Å²) in [6.07, 6.45) is 5.39. The number of hydrogen-bond donors (Lipinski definition) is 0. The second-order valence-corrected chi connectivity index (χ2v) is 10.1. The first-order chi connectivity index (χ1) is 8.59. The van der Waals surface area contributed by atoms with E-state index in [2.05, 4.69) is 34.6 Å². The van der Waals surface area contributed by atoms with Crippen molar-refractivity contribution in [1.82, 2.24) is 0 Å². The normalized spacial score (nSPS) is 15.4. The van der Waals surface area contributed by atoms with E-state index < -0.39 is 8.32 Å². The largest absolute Gasteiger partial charge is 0.413 e. The third-order valence-electron chi connectivity index (χ3n) is 4.31. The molecule has 108 valence electrons. The van der Waals surface area contributed by atoms with E-state index in [1.54, 1.807) is 0 Å². The van der Waals surface area contributed by atoms with E-state index >= 15 is 0 Å². The van der Waals surface area contributed by atoms with Crippen LogP contribution in [0.25, 0.3) is 0 Å². The number of aldehydes is 1. The van der Waals surface area contributed by atoms with Gasteiger partial charge in [0.15, 0.2) is 8.32 Å². The molecule has 0 N–H and O–H groups in total. The maximum Gasteiger partial charge on any atom is 0.192 e. The molecule has 0 rings (SSSR count). The molecule has 0 aromatic heterocycles. The lowest BCUT2D eigenvalue weighted by Gasteiger charge is -2.35. The van der Waals surface area contributed by atoms with Gasteiger partial charge in [-0.25, -0.2) is 0 Å². The molecule has 0 saturated carbocycles. The zero-order chi connectivity index (χ0) is 14.0. The van der Waals surface area contributed by atoms with Crippen molar-refractivity contribution in [2.45, 2.75) is 84.5 Å². The monoisotopic (exact) mass is 272 g/mol. The summed E-state index contributed by atoms with van der Waals surface area (Å²) < 4.78 is 6.49. The van der Waals surface area contributed by atoms with E-state index in [1.165, 1.54) is 19.3 Å². The van der Waals surface area contributed by atoms with Crippen LogP contribution in [-0.2, 0) is 9.22 Å². The predicted molar refractivity (Wildman–Crippen MR) is 81.4 cm³/mol. The van der Waals surface area contributed by atoms with Crippen molar-refractivity contribution >= 4 is 14.6 Å². The Balaban J connectivity index is 4.62. The number of hydrogen-bond acceptors (Lipinski definition) is 2.